The molecule has 150 valence electrons. The second-order valence-corrected chi connectivity index (χ2v) is 6.61. The van der Waals surface area contributed by atoms with Crippen LogP contribution in [0.5, 0.6) is 0 Å². The number of benzene rings is 2. The number of nitro benzene ring substituents is 1. The van der Waals surface area contributed by atoms with Crippen molar-refractivity contribution in [2.45, 2.75) is 32.4 Å². The standard InChI is InChI=1S/C19H19N5O5/c1-11(2)29-18(25)10-15(13-5-3-4-6-17(13)24(27)28)20-19(26)12-7-8-14-16(9-12)22-23-21-14/h3-9,11,15H,10H2,1-2H3,(H,20,26)(H,21,22,23). The van der Waals surface area contributed by atoms with Crippen LogP contribution in [0.3, 0.4) is 0 Å². The van der Waals surface area contributed by atoms with E-state index in [1.54, 1.807) is 32.0 Å². The molecular formula is C19H19N5O5. The number of hydrogen-bond donors (Lipinski definition) is 2. The van der Waals surface area contributed by atoms with E-state index in [1.165, 1.54) is 24.3 Å². The van der Waals surface area contributed by atoms with Gasteiger partial charge in [0.2, 0.25) is 0 Å². The van der Waals surface area contributed by atoms with Gasteiger partial charge in [0.15, 0.2) is 0 Å². The number of ether oxygens (including phenoxy) is 1. The number of carbonyl (C=O) groups is 2. The van der Waals surface area contributed by atoms with Crippen LogP contribution in [-0.2, 0) is 9.53 Å². The third-order valence-corrected chi connectivity index (χ3v) is 4.13. The Balaban J connectivity index is 1.91. The molecule has 29 heavy (non-hydrogen) atoms. The highest BCUT2D eigenvalue weighted by Crippen LogP contribution is 2.28. The summed E-state index contributed by atoms with van der Waals surface area (Å²) in [4.78, 5) is 35.9. The largest absolute Gasteiger partial charge is 0.463 e. The van der Waals surface area contributed by atoms with Crippen LogP contribution in [0.25, 0.3) is 11.0 Å². The van der Waals surface area contributed by atoms with E-state index in [-0.39, 0.29) is 29.3 Å². The van der Waals surface area contributed by atoms with Crippen molar-refractivity contribution in [1.82, 2.24) is 20.7 Å². The van der Waals surface area contributed by atoms with Crippen molar-refractivity contribution in [1.29, 1.82) is 0 Å². The number of para-hydroxylation sites is 1. The number of amides is 1. The molecule has 0 radical (unpaired) electrons. The molecule has 1 amide bonds. The molecule has 10 nitrogen and oxygen atoms in total. The molecule has 0 spiro atoms. The van der Waals surface area contributed by atoms with Gasteiger partial charge in [0.1, 0.15) is 11.0 Å². The molecule has 0 aliphatic carbocycles. The van der Waals surface area contributed by atoms with Crippen LogP contribution in [0.2, 0.25) is 0 Å². The van der Waals surface area contributed by atoms with Crippen LogP contribution in [-0.4, -0.2) is 38.3 Å². The number of nitrogens with zero attached hydrogens (tertiary/aromatic N) is 3. The maximum absolute atomic E-state index is 12.8. The molecule has 0 aliphatic rings. The summed E-state index contributed by atoms with van der Waals surface area (Å²) in [7, 11) is 0. The predicted octanol–water partition coefficient (Wildman–Crippen LogP) is 2.68. The molecule has 1 unspecified atom stereocenters. The van der Waals surface area contributed by atoms with Gasteiger partial charge in [-0.2, -0.15) is 15.4 Å². The van der Waals surface area contributed by atoms with Crippen molar-refractivity contribution in [3.63, 3.8) is 0 Å². The minimum Gasteiger partial charge on any atom is -0.463 e. The van der Waals surface area contributed by atoms with Crippen molar-refractivity contribution in [2.24, 2.45) is 0 Å². The predicted molar refractivity (Wildman–Crippen MR) is 103 cm³/mol. The Morgan fingerprint density at radius 3 is 2.62 bits per heavy atom. The van der Waals surface area contributed by atoms with Crippen LogP contribution >= 0.6 is 0 Å². The molecule has 0 aliphatic heterocycles. The third-order valence-electron chi connectivity index (χ3n) is 4.13. The zero-order valence-corrected chi connectivity index (χ0v) is 15.8. The molecule has 1 heterocycles. The first-order chi connectivity index (χ1) is 13.8. The average Bonchev–Trinajstić information content (AvgIpc) is 3.14. The van der Waals surface area contributed by atoms with Gasteiger partial charge in [0.25, 0.3) is 11.6 Å². The number of carbonyl (C=O) groups excluding carboxylic acids is 2. The molecule has 1 atom stereocenters. The number of esters is 1. The van der Waals surface area contributed by atoms with Gasteiger partial charge in [0, 0.05) is 11.6 Å². The highest BCUT2D eigenvalue weighted by Gasteiger charge is 2.27. The summed E-state index contributed by atoms with van der Waals surface area (Å²) in [5, 5.41) is 24.5. The fraction of sp³-hybridized carbons (Fsp3) is 0.263. The summed E-state index contributed by atoms with van der Waals surface area (Å²) in [6, 6.07) is 9.74. The Morgan fingerprint density at radius 2 is 1.90 bits per heavy atom. The number of aromatic amines is 1. The summed E-state index contributed by atoms with van der Waals surface area (Å²) < 4.78 is 5.15. The number of aromatic nitrogens is 3. The molecule has 0 fully saturated rings. The Bertz CT molecular complexity index is 1060. The summed E-state index contributed by atoms with van der Waals surface area (Å²) in [6.07, 6.45) is -0.597. The normalized spacial score (nSPS) is 12.0. The molecule has 1 aromatic heterocycles. The zero-order valence-electron chi connectivity index (χ0n) is 15.8. The lowest BCUT2D eigenvalue weighted by Crippen LogP contribution is -2.31. The van der Waals surface area contributed by atoms with E-state index in [2.05, 4.69) is 20.7 Å². The molecule has 2 N–H and O–H groups in total. The summed E-state index contributed by atoms with van der Waals surface area (Å²) in [5.74, 6) is -1.08. The van der Waals surface area contributed by atoms with Crippen LogP contribution in [0.1, 0.15) is 42.2 Å². The van der Waals surface area contributed by atoms with Gasteiger partial charge < -0.3 is 10.1 Å². The van der Waals surface area contributed by atoms with Crippen LogP contribution in [0.15, 0.2) is 42.5 Å². The number of H-pyrrole nitrogens is 1. The van der Waals surface area contributed by atoms with Gasteiger partial charge in [-0.05, 0) is 32.0 Å². The van der Waals surface area contributed by atoms with Gasteiger partial charge in [-0.15, -0.1) is 0 Å². The highest BCUT2D eigenvalue weighted by molar-refractivity contribution is 5.97. The van der Waals surface area contributed by atoms with Gasteiger partial charge in [0.05, 0.1) is 29.1 Å². The van der Waals surface area contributed by atoms with E-state index < -0.39 is 22.8 Å². The smallest absolute Gasteiger partial charge is 0.308 e. The number of fused-ring (bicyclic) bond motifs is 1. The van der Waals surface area contributed by atoms with E-state index >= 15 is 0 Å². The quantitative estimate of drug-likeness (QED) is 0.355. The molecule has 0 saturated heterocycles. The van der Waals surface area contributed by atoms with Gasteiger partial charge in [-0.1, -0.05) is 18.2 Å². The van der Waals surface area contributed by atoms with Crippen LogP contribution in [0, 0.1) is 10.1 Å². The minimum absolute atomic E-state index is 0.192. The lowest BCUT2D eigenvalue weighted by atomic mass is 10.0. The minimum atomic E-state index is -0.941. The van der Waals surface area contributed by atoms with E-state index in [1.807, 2.05) is 0 Å². The van der Waals surface area contributed by atoms with Gasteiger partial charge in [-0.3, -0.25) is 19.7 Å². The van der Waals surface area contributed by atoms with Gasteiger partial charge >= 0.3 is 5.97 Å². The molecular weight excluding hydrogens is 378 g/mol. The van der Waals surface area contributed by atoms with E-state index in [0.717, 1.165) is 0 Å². The number of hydrogen-bond acceptors (Lipinski definition) is 7. The lowest BCUT2D eigenvalue weighted by Gasteiger charge is -2.19. The van der Waals surface area contributed by atoms with Crippen LogP contribution in [0.4, 0.5) is 5.69 Å². The first-order valence-electron chi connectivity index (χ1n) is 8.89. The second-order valence-electron chi connectivity index (χ2n) is 6.61. The maximum Gasteiger partial charge on any atom is 0.308 e. The summed E-state index contributed by atoms with van der Waals surface area (Å²) in [5.41, 5.74) is 1.40. The Kier molecular flexibility index (Phi) is 5.82. The van der Waals surface area contributed by atoms with Crippen molar-refractivity contribution in [2.75, 3.05) is 0 Å². The van der Waals surface area contributed by atoms with Gasteiger partial charge in [-0.25, -0.2) is 0 Å². The fourth-order valence-corrected chi connectivity index (χ4v) is 2.89. The fourth-order valence-electron chi connectivity index (χ4n) is 2.89. The van der Waals surface area contributed by atoms with Crippen molar-refractivity contribution >= 4 is 28.6 Å². The first-order valence-corrected chi connectivity index (χ1v) is 8.89. The highest BCUT2D eigenvalue weighted by atomic mass is 16.6. The Labute approximate surface area is 165 Å². The van der Waals surface area contributed by atoms with E-state index in [4.69, 9.17) is 4.74 Å². The lowest BCUT2D eigenvalue weighted by molar-refractivity contribution is -0.385. The van der Waals surface area contributed by atoms with Crippen molar-refractivity contribution in [3.8, 4) is 0 Å². The average molecular weight is 397 g/mol. The Morgan fingerprint density at radius 1 is 1.17 bits per heavy atom. The molecule has 0 saturated carbocycles. The molecule has 3 rings (SSSR count). The Hall–Kier alpha value is -3.82. The number of rotatable bonds is 7. The van der Waals surface area contributed by atoms with Crippen molar-refractivity contribution < 1.29 is 19.2 Å². The van der Waals surface area contributed by atoms with E-state index in [0.29, 0.717) is 11.0 Å². The van der Waals surface area contributed by atoms with Crippen LogP contribution < -0.4 is 5.32 Å². The second kappa shape index (κ2) is 8.46. The van der Waals surface area contributed by atoms with E-state index in [9.17, 15) is 19.7 Å². The topological polar surface area (TPSA) is 140 Å². The van der Waals surface area contributed by atoms with Crippen molar-refractivity contribution in [3.05, 3.63) is 63.7 Å². The maximum atomic E-state index is 12.8. The number of nitro groups is 1. The molecule has 2 aromatic carbocycles. The third kappa shape index (κ3) is 4.72. The first kappa shape index (κ1) is 19.9. The zero-order chi connectivity index (χ0) is 21.0. The molecule has 0 bridgehead atoms. The monoisotopic (exact) mass is 397 g/mol. The molecule has 3 aromatic rings. The SMILES string of the molecule is CC(C)OC(=O)CC(NC(=O)c1ccc2n[nH]nc2c1)c1ccccc1[N+](=O)[O-]. The summed E-state index contributed by atoms with van der Waals surface area (Å²) in [6.45, 7) is 3.40. The summed E-state index contributed by atoms with van der Waals surface area (Å²) >= 11 is 0. The molecule has 10 heteroatoms. The number of nitrogens with one attached hydrogen (secondary N) is 2.